The zero-order valence-electron chi connectivity index (χ0n) is 12.3. The van der Waals surface area contributed by atoms with Gasteiger partial charge in [-0.2, -0.15) is 9.61 Å². The number of nitrogen functional groups attached to an aromatic ring is 1. The largest absolute Gasteiger partial charge is 0.467 e. The summed E-state index contributed by atoms with van der Waals surface area (Å²) >= 11 is 0. The van der Waals surface area contributed by atoms with Crippen LogP contribution in [0.15, 0.2) is 65.5 Å². The molecule has 0 aliphatic heterocycles. The van der Waals surface area contributed by atoms with E-state index in [1.165, 1.54) is 0 Å². The molecule has 23 heavy (non-hydrogen) atoms. The molecule has 6 nitrogen and oxygen atoms in total. The van der Waals surface area contributed by atoms with E-state index >= 15 is 0 Å². The van der Waals surface area contributed by atoms with Gasteiger partial charge in [-0.15, -0.1) is 0 Å². The molecule has 0 spiro atoms. The Bertz CT molecular complexity index is 925. The molecule has 4 aromatic rings. The molecule has 0 aliphatic carbocycles. The Hall–Kier alpha value is -3.28. The minimum atomic E-state index is 0.586. The molecule has 0 saturated heterocycles. The first-order chi connectivity index (χ1) is 11.3. The van der Waals surface area contributed by atoms with Gasteiger partial charge in [-0.25, -0.2) is 4.98 Å². The highest BCUT2D eigenvalue weighted by molar-refractivity contribution is 5.78. The SMILES string of the molecule is Nc1ccc(-c2cnn3c(NCc4ccco4)ccnc23)cc1. The van der Waals surface area contributed by atoms with E-state index in [1.54, 1.807) is 17.0 Å². The fourth-order valence-corrected chi connectivity index (χ4v) is 2.48. The van der Waals surface area contributed by atoms with E-state index in [2.05, 4.69) is 15.4 Å². The van der Waals surface area contributed by atoms with E-state index in [4.69, 9.17) is 10.2 Å². The smallest absolute Gasteiger partial charge is 0.165 e. The van der Waals surface area contributed by atoms with Gasteiger partial charge in [0.15, 0.2) is 5.65 Å². The van der Waals surface area contributed by atoms with E-state index in [9.17, 15) is 0 Å². The third kappa shape index (κ3) is 2.50. The molecule has 0 fully saturated rings. The Morgan fingerprint density at radius 2 is 2.00 bits per heavy atom. The average Bonchev–Trinajstić information content (AvgIpc) is 3.23. The zero-order chi connectivity index (χ0) is 15.6. The summed E-state index contributed by atoms with van der Waals surface area (Å²) in [5.74, 6) is 1.72. The standard InChI is InChI=1S/C17H15N5O/c18-13-5-3-12(4-6-13)15-11-21-22-16(7-8-19-17(15)22)20-10-14-2-1-9-23-14/h1-9,11,20H,10,18H2. The third-order valence-corrected chi connectivity index (χ3v) is 3.65. The lowest BCUT2D eigenvalue weighted by molar-refractivity contribution is 0.517. The summed E-state index contributed by atoms with van der Waals surface area (Å²) in [6, 6.07) is 13.4. The molecule has 3 N–H and O–H groups in total. The molecule has 1 aromatic carbocycles. The van der Waals surface area contributed by atoms with Gasteiger partial charge in [0.1, 0.15) is 11.6 Å². The maximum Gasteiger partial charge on any atom is 0.165 e. The predicted octanol–water partition coefficient (Wildman–Crippen LogP) is 3.18. The van der Waals surface area contributed by atoms with Crippen LogP contribution in [-0.4, -0.2) is 14.6 Å². The molecule has 3 heterocycles. The Kier molecular flexibility index (Phi) is 3.20. The molecule has 0 saturated carbocycles. The maximum atomic E-state index is 5.75. The summed E-state index contributed by atoms with van der Waals surface area (Å²) in [6.07, 6.45) is 5.24. The molecule has 0 atom stereocenters. The van der Waals surface area contributed by atoms with Crippen LogP contribution in [0.4, 0.5) is 11.5 Å². The third-order valence-electron chi connectivity index (χ3n) is 3.65. The molecule has 0 unspecified atom stereocenters. The van der Waals surface area contributed by atoms with E-state index in [-0.39, 0.29) is 0 Å². The predicted molar refractivity (Wildman–Crippen MR) is 88.9 cm³/mol. The number of aromatic nitrogens is 3. The van der Waals surface area contributed by atoms with Crippen LogP contribution in [0.3, 0.4) is 0 Å². The molecule has 0 bridgehead atoms. The van der Waals surface area contributed by atoms with Crippen molar-refractivity contribution in [3.63, 3.8) is 0 Å². The lowest BCUT2D eigenvalue weighted by atomic mass is 10.1. The summed E-state index contributed by atoms with van der Waals surface area (Å²) in [5, 5.41) is 7.76. The van der Waals surface area contributed by atoms with Gasteiger partial charge in [0.2, 0.25) is 0 Å². The van der Waals surface area contributed by atoms with Crippen LogP contribution < -0.4 is 11.1 Å². The first-order valence-corrected chi connectivity index (χ1v) is 7.26. The topological polar surface area (TPSA) is 81.4 Å². The molecule has 6 heteroatoms. The molecule has 0 amide bonds. The van der Waals surface area contributed by atoms with E-state index < -0.39 is 0 Å². The van der Waals surface area contributed by atoms with Crippen molar-refractivity contribution in [3.05, 3.63) is 66.9 Å². The van der Waals surface area contributed by atoms with Crippen LogP contribution in [0.1, 0.15) is 5.76 Å². The minimum absolute atomic E-state index is 0.586. The lowest BCUT2D eigenvalue weighted by Gasteiger charge is -2.07. The second kappa shape index (κ2) is 5.49. The van der Waals surface area contributed by atoms with Crippen LogP contribution in [0.5, 0.6) is 0 Å². The first-order valence-electron chi connectivity index (χ1n) is 7.26. The summed E-state index contributed by atoms with van der Waals surface area (Å²) in [5.41, 5.74) is 9.27. The number of furan rings is 1. The van der Waals surface area contributed by atoms with Gasteiger partial charge in [0, 0.05) is 17.4 Å². The van der Waals surface area contributed by atoms with Crippen LogP contribution in [-0.2, 0) is 6.54 Å². The number of anilines is 2. The number of fused-ring (bicyclic) bond motifs is 1. The van der Waals surface area contributed by atoms with Crippen molar-refractivity contribution in [1.29, 1.82) is 0 Å². The number of benzene rings is 1. The summed E-state index contributed by atoms with van der Waals surface area (Å²) in [6.45, 7) is 0.586. The molecule has 4 rings (SSSR count). The van der Waals surface area contributed by atoms with Crippen molar-refractivity contribution < 1.29 is 4.42 Å². The van der Waals surface area contributed by atoms with Crippen molar-refractivity contribution in [2.45, 2.75) is 6.54 Å². The Morgan fingerprint density at radius 3 is 2.78 bits per heavy atom. The lowest BCUT2D eigenvalue weighted by Crippen LogP contribution is -2.05. The average molecular weight is 305 g/mol. The zero-order valence-corrected chi connectivity index (χ0v) is 12.3. The van der Waals surface area contributed by atoms with Gasteiger partial charge in [0.25, 0.3) is 0 Å². The summed E-state index contributed by atoms with van der Waals surface area (Å²) in [7, 11) is 0. The number of nitrogens with two attached hydrogens (primary N) is 1. The van der Waals surface area contributed by atoms with Crippen molar-refractivity contribution in [2.75, 3.05) is 11.1 Å². The quantitative estimate of drug-likeness (QED) is 0.566. The van der Waals surface area contributed by atoms with Crippen molar-refractivity contribution in [2.24, 2.45) is 0 Å². The molecular weight excluding hydrogens is 290 g/mol. The number of rotatable bonds is 4. The summed E-state index contributed by atoms with van der Waals surface area (Å²) in [4.78, 5) is 4.45. The van der Waals surface area contributed by atoms with Gasteiger partial charge in [0.05, 0.1) is 19.0 Å². The number of hydrogen-bond donors (Lipinski definition) is 2. The highest BCUT2D eigenvalue weighted by Crippen LogP contribution is 2.25. The molecule has 0 aliphatic rings. The molecular formula is C17H15N5O. The highest BCUT2D eigenvalue weighted by Gasteiger charge is 2.10. The maximum absolute atomic E-state index is 5.75. The molecule has 3 aromatic heterocycles. The van der Waals surface area contributed by atoms with Crippen LogP contribution in [0.25, 0.3) is 16.8 Å². The van der Waals surface area contributed by atoms with Crippen LogP contribution in [0, 0.1) is 0 Å². The Balaban J connectivity index is 1.70. The second-order valence-corrected chi connectivity index (χ2v) is 5.18. The molecule has 114 valence electrons. The van der Waals surface area contributed by atoms with E-state index in [1.807, 2.05) is 48.7 Å². The van der Waals surface area contributed by atoms with Gasteiger partial charge < -0.3 is 15.5 Å². The first kappa shape index (κ1) is 13.4. The van der Waals surface area contributed by atoms with Gasteiger partial charge >= 0.3 is 0 Å². The molecule has 0 radical (unpaired) electrons. The second-order valence-electron chi connectivity index (χ2n) is 5.18. The Morgan fingerprint density at radius 1 is 1.13 bits per heavy atom. The van der Waals surface area contributed by atoms with Crippen LogP contribution >= 0.6 is 0 Å². The van der Waals surface area contributed by atoms with Gasteiger partial charge in [-0.3, -0.25) is 0 Å². The van der Waals surface area contributed by atoms with Crippen molar-refractivity contribution in [3.8, 4) is 11.1 Å². The number of hydrogen-bond acceptors (Lipinski definition) is 5. The van der Waals surface area contributed by atoms with Crippen LogP contribution in [0.2, 0.25) is 0 Å². The van der Waals surface area contributed by atoms with Gasteiger partial charge in [-0.05, 0) is 35.9 Å². The number of nitrogens with one attached hydrogen (secondary N) is 1. The normalized spacial score (nSPS) is 11.0. The minimum Gasteiger partial charge on any atom is -0.467 e. The van der Waals surface area contributed by atoms with Crippen molar-refractivity contribution in [1.82, 2.24) is 14.6 Å². The van der Waals surface area contributed by atoms with E-state index in [0.717, 1.165) is 34.0 Å². The summed E-state index contributed by atoms with van der Waals surface area (Å²) < 4.78 is 7.12. The van der Waals surface area contributed by atoms with Crippen molar-refractivity contribution >= 4 is 17.2 Å². The number of nitrogens with zero attached hydrogens (tertiary/aromatic N) is 3. The Labute approximate surface area is 132 Å². The van der Waals surface area contributed by atoms with Gasteiger partial charge in [-0.1, -0.05) is 12.1 Å². The fraction of sp³-hybridized carbons (Fsp3) is 0.0588. The fourth-order valence-electron chi connectivity index (χ4n) is 2.48. The highest BCUT2D eigenvalue weighted by atomic mass is 16.3. The monoisotopic (exact) mass is 305 g/mol. The van der Waals surface area contributed by atoms with E-state index in [0.29, 0.717) is 6.54 Å².